The van der Waals surface area contributed by atoms with E-state index in [1.165, 1.54) is 6.26 Å². The lowest BCUT2D eigenvalue weighted by Gasteiger charge is -1.97. The third-order valence-corrected chi connectivity index (χ3v) is 3.37. The van der Waals surface area contributed by atoms with Crippen molar-refractivity contribution < 1.29 is 8.94 Å². The first-order valence-electron chi connectivity index (χ1n) is 6.73. The average molecular weight is 290 g/mol. The molecule has 0 atom stereocenters. The Morgan fingerprint density at radius 2 is 1.68 bits per heavy atom. The molecular formula is C17H10N2O3. The summed E-state index contributed by atoms with van der Waals surface area (Å²) in [5.41, 5.74) is 1.43. The predicted octanol–water partition coefficient (Wildman–Crippen LogP) is 3.51. The van der Waals surface area contributed by atoms with E-state index in [1.54, 1.807) is 18.2 Å². The molecule has 0 aliphatic rings. The van der Waals surface area contributed by atoms with Crippen molar-refractivity contribution in [2.45, 2.75) is 0 Å². The van der Waals surface area contributed by atoms with Crippen molar-refractivity contribution in [1.82, 2.24) is 10.1 Å². The normalized spacial score (nSPS) is 10.9. The van der Waals surface area contributed by atoms with Gasteiger partial charge in [0.1, 0.15) is 17.4 Å². The molecule has 0 spiro atoms. The fourth-order valence-corrected chi connectivity index (χ4v) is 2.26. The van der Waals surface area contributed by atoms with Crippen LogP contribution in [0.3, 0.4) is 0 Å². The molecule has 2 heterocycles. The van der Waals surface area contributed by atoms with Crippen LogP contribution in [0, 0.1) is 0 Å². The van der Waals surface area contributed by atoms with Crippen molar-refractivity contribution in [2.24, 2.45) is 0 Å². The van der Waals surface area contributed by atoms with Crippen molar-refractivity contribution in [2.75, 3.05) is 0 Å². The number of rotatable bonds is 2. The first-order valence-corrected chi connectivity index (χ1v) is 6.73. The summed E-state index contributed by atoms with van der Waals surface area (Å²) in [5, 5.41) is 4.38. The SMILES string of the molecule is O=c1c(-c2noc(-c3ccccc3)n2)coc2ccccc12. The third kappa shape index (κ3) is 2.00. The minimum absolute atomic E-state index is 0.178. The van der Waals surface area contributed by atoms with Gasteiger partial charge in [-0.3, -0.25) is 4.79 Å². The number of fused-ring (bicyclic) bond motifs is 1. The highest BCUT2D eigenvalue weighted by Crippen LogP contribution is 2.21. The van der Waals surface area contributed by atoms with E-state index in [4.69, 9.17) is 8.94 Å². The van der Waals surface area contributed by atoms with E-state index >= 15 is 0 Å². The maximum atomic E-state index is 12.5. The number of aromatic nitrogens is 2. The lowest BCUT2D eigenvalue weighted by molar-refractivity contribution is 0.432. The molecule has 0 radical (unpaired) electrons. The van der Waals surface area contributed by atoms with E-state index in [1.807, 2.05) is 36.4 Å². The number of para-hydroxylation sites is 1. The van der Waals surface area contributed by atoms with Crippen molar-refractivity contribution in [3.05, 3.63) is 71.1 Å². The predicted molar refractivity (Wildman–Crippen MR) is 81.2 cm³/mol. The lowest BCUT2D eigenvalue weighted by Crippen LogP contribution is -2.05. The molecule has 0 bridgehead atoms. The second-order valence-electron chi connectivity index (χ2n) is 4.76. The number of benzene rings is 2. The second-order valence-corrected chi connectivity index (χ2v) is 4.76. The quantitative estimate of drug-likeness (QED) is 0.565. The van der Waals surface area contributed by atoms with E-state index < -0.39 is 0 Å². The Labute approximate surface area is 124 Å². The van der Waals surface area contributed by atoms with E-state index in [0.29, 0.717) is 16.9 Å². The zero-order chi connectivity index (χ0) is 14.9. The van der Waals surface area contributed by atoms with Gasteiger partial charge in [-0.25, -0.2) is 0 Å². The Hall–Kier alpha value is -3.21. The highest BCUT2D eigenvalue weighted by molar-refractivity contribution is 5.80. The highest BCUT2D eigenvalue weighted by atomic mass is 16.5. The van der Waals surface area contributed by atoms with Crippen LogP contribution in [0.1, 0.15) is 0 Å². The summed E-state index contributed by atoms with van der Waals surface area (Å²) in [5.74, 6) is 0.585. The van der Waals surface area contributed by atoms with Gasteiger partial charge in [0.05, 0.1) is 5.39 Å². The molecule has 0 saturated heterocycles. The maximum absolute atomic E-state index is 12.5. The fourth-order valence-electron chi connectivity index (χ4n) is 2.26. The summed E-state index contributed by atoms with van der Waals surface area (Å²) in [6, 6.07) is 16.4. The van der Waals surface area contributed by atoms with Gasteiger partial charge in [-0.15, -0.1) is 0 Å². The van der Waals surface area contributed by atoms with Crippen LogP contribution in [0.2, 0.25) is 0 Å². The number of hydrogen-bond acceptors (Lipinski definition) is 5. The Morgan fingerprint density at radius 3 is 2.55 bits per heavy atom. The van der Waals surface area contributed by atoms with Crippen molar-refractivity contribution in [3.8, 4) is 22.8 Å². The van der Waals surface area contributed by atoms with Crippen LogP contribution >= 0.6 is 0 Å². The van der Waals surface area contributed by atoms with Gasteiger partial charge >= 0.3 is 0 Å². The van der Waals surface area contributed by atoms with E-state index in [9.17, 15) is 4.79 Å². The van der Waals surface area contributed by atoms with Crippen LogP contribution in [0.25, 0.3) is 33.8 Å². The minimum atomic E-state index is -0.178. The highest BCUT2D eigenvalue weighted by Gasteiger charge is 2.15. The summed E-state index contributed by atoms with van der Waals surface area (Å²) in [7, 11) is 0. The standard InChI is InChI=1S/C17H10N2O3/c20-15-12-8-4-5-9-14(12)21-10-13(15)16-18-17(22-19-16)11-6-2-1-3-7-11/h1-10H. The molecule has 0 fully saturated rings. The van der Waals surface area contributed by atoms with E-state index in [0.717, 1.165) is 5.56 Å². The molecule has 5 nitrogen and oxygen atoms in total. The Kier molecular flexibility index (Phi) is 2.83. The fraction of sp³-hybridized carbons (Fsp3) is 0. The molecule has 0 amide bonds. The van der Waals surface area contributed by atoms with E-state index in [2.05, 4.69) is 10.1 Å². The van der Waals surface area contributed by atoms with Gasteiger partial charge in [0.25, 0.3) is 5.89 Å². The molecule has 2 aromatic heterocycles. The van der Waals surface area contributed by atoms with Crippen LogP contribution in [0.15, 0.2) is 74.6 Å². The molecule has 5 heteroatoms. The van der Waals surface area contributed by atoms with Gasteiger partial charge in [0.2, 0.25) is 11.3 Å². The summed E-state index contributed by atoms with van der Waals surface area (Å²) in [6.45, 7) is 0. The lowest BCUT2D eigenvalue weighted by atomic mass is 10.1. The van der Waals surface area contributed by atoms with Gasteiger partial charge in [-0.1, -0.05) is 35.5 Å². The first kappa shape index (κ1) is 12.5. The summed E-state index contributed by atoms with van der Waals surface area (Å²) in [6.07, 6.45) is 1.37. The number of hydrogen-bond donors (Lipinski definition) is 0. The Morgan fingerprint density at radius 1 is 0.909 bits per heavy atom. The number of nitrogens with zero attached hydrogens (tertiary/aromatic N) is 2. The van der Waals surface area contributed by atoms with Gasteiger partial charge in [0.15, 0.2) is 0 Å². The topological polar surface area (TPSA) is 69.1 Å². The van der Waals surface area contributed by atoms with Crippen LogP contribution < -0.4 is 5.43 Å². The van der Waals surface area contributed by atoms with Crippen molar-refractivity contribution in [3.63, 3.8) is 0 Å². The molecule has 4 aromatic rings. The summed E-state index contributed by atoms with van der Waals surface area (Å²) in [4.78, 5) is 16.8. The monoisotopic (exact) mass is 290 g/mol. The zero-order valence-electron chi connectivity index (χ0n) is 11.4. The summed E-state index contributed by atoms with van der Waals surface area (Å²) < 4.78 is 10.7. The molecule has 0 unspecified atom stereocenters. The Bertz CT molecular complexity index is 1000. The molecule has 2 aromatic carbocycles. The molecular weight excluding hydrogens is 280 g/mol. The van der Waals surface area contributed by atoms with Gasteiger partial charge < -0.3 is 8.94 Å². The minimum Gasteiger partial charge on any atom is -0.463 e. The molecule has 0 N–H and O–H groups in total. The van der Waals surface area contributed by atoms with Gasteiger partial charge in [-0.2, -0.15) is 4.98 Å². The molecule has 4 rings (SSSR count). The second kappa shape index (κ2) is 4.96. The first-order chi connectivity index (χ1) is 10.8. The molecule has 0 aliphatic carbocycles. The van der Waals surface area contributed by atoms with Crippen LogP contribution in [-0.2, 0) is 0 Å². The zero-order valence-corrected chi connectivity index (χ0v) is 11.4. The van der Waals surface area contributed by atoms with Gasteiger partial charge in [0, 0.05) is 5.56 Å². The smallest absolute Gasteiger partial charge is 0.258 e. The van der Waals surface area contributed by atoms with Crippen molar-refractivity contribution >= 4 is 11.0 Å². The molecule has 0 aliphatic heterocycles. The molecule has 106 valence electrons. The Balaban J connectivity index is 1.85. The average Bonchev–Trinajstić information content (AvgIpc) is 3.06. The molecule has 22 heavy (non-hydrogen) atoms. The van der Waals surface area contributed by atoms with Crippen LogP contribution in [0.4, 0.5) is 0 Å². The third-order valence-electron chi connectivity index (χ3n) is 3.37. The van der Waals surface area contributed by atoms with Crippen LogP contribution in [0.5, 0.6) is 0 Å². The van der Waals surface area contributed by atoms with Gasteiger partial charge in [-0.05, 0) is 24.3 Å². The van der Waals surface area contributed by atoms with E-state index in [-0.39, 0.29) is 16.8 Å². The summed E-state index contributed by atoms with van der Waals surface area (Å²) >= 11 is 0. The van der Waals surface area contributed by atoms with Crippen LogP contribution in [-0.4, -0.2) is 10.1 Å². The van der Waals surface area contributed by atoms with Crippen molar-refractivity contribution in [1.29, 1.82) is 0 Å². The maximum Gasteiger partial charge on any atom is 0.258 e. The molecule has 0 saturated carbocycles. The largest absolute Gasteiger partial charge is 0.463 e.